The van der Waals surface area contributed by atoms with Crippen molar-refractivity contribution in [2.24, 2.45) is 23.7 Å². The van der Waals surface area contributed by atoms with E-state index in [0.717, 1.165) is 5.57 Å². The Morgan fingerprint density at radius 2 is 1.74 bits per heavy atom. The lowest BCUT2D eigenvalue weighted by molar-refractivity contribution is -0.282. The van der Waals surface area contributed by atoms with Crippen LogP contribution in [0.1, 0.15) is 67.2 Å². The summed E-state index contributed by atoms with van der Waals surface area (Å²) in [5.41, 5.74) is 0.784. The summed E-state index contributed by atoms with van der Waals surface area (Å²) in [6, 6.07) is -0.164. The molecule has 9 nitrogen and oxygen atoms in total. The lowest BCUT2D eigenvalue weighted by Crippen LogP contribution is -2.56. The maximum Gasteiger partial charge on any atom is 0.308 e. The van der Waals surface area contributed by atoms with Crippen LogP contribution in [0.25, 0.3) is 0 Å². The van der Waals surface area contributed by atoms with Gasteiger partial charge in [0, 0.05) is 23.8 Å². The van der Waals surface area contributed by atoms with Gasteiger partial charge in [0.15, 0.2) is 12.1 Å². The van der Waals surface area contributed by atoms with Crippen molar-refractivity contribution in [2.45, 2.75) is 110 Å². The van der Waals surface area contributed by atoms with Crippen molar-refractivity contribution in [1.82, 2.24) is 4.90 Å². The van der Waals surface area contributed by atoms with Crippen molar-refractivity contribution >= 4 is 11.8 Å². The lowest BCUT2D eigenvalue weighted by atomic mass is 9.82. The summed E-state index contributed by atoms with van der Waals surface area (Å²) in [7, 11) is 3.80. The molecule has 224 valence electrons. The number of nitrogens with zero attached hydrogens (tertiary/aromatic N) is 1. The van der Waals surface area contributed by atoms with E-state index in [2.05, 4.69) is 0 Å². The first-order chi connectivity index (χ1) is 18.3. The summed E-state index contributed by atoms with van der Waals surface area (Å²) in [5.74, 6) is -2.08. The predicted molar refractivity (Wildman–Crippen MR) is 149 cm³/mol. The molecule has 1 saturated heterocycles. The second-order valence-electron chi connectivity index (χ2n) is 11.8. The Labute approximate surface area is 234 Å². The normalized spacial score (nSPS) is 39.9. The number of esters is 1. The number of cyclic esters (lactones) is 1. The second-order valence-corrected chi connectivity index (χ2v) is 11.8. The van der Waals surface area contributed by atoms with Gasteiger partial charge in [0.1, 0.15) is 12.2 Å². The number of aliphatic hydroxyl groups is 3. The third kappa shape index (κ3) is 9.47. The van der Waals surface area contributed by atoms with Crippen LogP contribution in [-0.2, 0) is 23.8 Å². The summed E-state index contributed by atoms with van der Waals surface area (Å²) in [4.78, 5) is 27.8. The van der Waals surface area contributed by atoms with E-state index in [1.165, 1.54) is 0 Å². The Balaban J connectivity index is 2.40. The van der Waals surface area contributed by atoms with Gasteiger partial charge in [0.05, 0.1) is 31.3 Å². The number of likely N-dealkylation sites (N-methyl/N-ethyl adjacent to an activating group) is 1. The maximum atomic E-state index is 13.0. The zero-order valence-electron chi connectivity index (χ0n) is 24.9. The zero-order valence-corrected chi connectivity index (χ0v) is 24.9. The Morgan fingerprint density at radius 3 is 2.33 bits per heavy atom. The van der Waals surface area contributed by atoms with E-state index >= 15 is 0 Å². The number of allylic oxidation sites excluding steroid dienone is 3. The Bertz CT molecular complexity index is 858. The van der Waals surface area contributed by atoms with E-state index in [1.807, 2.05) is 59.7 Å². The standard InChI is InChI=1S/C30H51NO8/c1-9-26-22(16-32)12-17(2)10-11-24(33)18(3)13-19(4)29(21(6)25(34)15-27(35)38-26)39-30-28(36)23(31(7)8)14-20(5)37-30/h10-12,18-23,25-26,28-30,32,34,36H,9,13-16H2,1-8H3/t18?,19?,20-,21?,22?,23+,25?,26?,28-,29?,30+/m1/s1. The van der Waals surface area contributed by atoms with E-state index in [-0.39, 0.29) is 42.8 Å². The molecule has 0 aromatic rings. The molecule has 0 spiro atoms. The molecule has 0 aromatic heterocycles. The van der Waals surface area contributed by atoms with Gasteiger partial charge in [-0.2, -0.15) is 0 Å². The third-order valence-corrected chi connectivity index (χ3v) is 8.20. The molecule has 3 N–H and O–H groups in total. The third-order valence-electron chi connectivity index (χ3n) is 8.20. The van der Waals surface area contributed by atoms with Gasteiger partial charge in [-0.25, -0.2) is 0 Å². The highest BCUT2D eigenvalue weighted by Gasteiger charge is 2.42. The molecule has 2 rings (SSSR count). The average Bonchev–Trinajstić information content (AvgIpc) is 2.87. The van der Waals surface area contributed by atoms with Crippen LogP contribution >= 0.6 is 0 Å². The summed E-state index contributed by atoms with van der Waals surface area (Å²) >= 11 is 0. The van der Waals surface area contributed by atoms with Gasteiger partial charge < -0.3 is 34.4 Å². The fourth-order valence-electron chi connectivity index (χ4n) is 5.71. The van der Waals surface area contributed by atoms with Crippen LogP contribution in [0.3, 0.4) is 0 Å². The van der Waals surface area contributed by atoms with Gasteiger partial charge in [0.2, 0.25) is 0 Å². The van der Waals surface area contributed by atoms with Crippen LogP contribution in [0, 0.1) is 23.7 Å². The monoisotopic (exact) mass is 553 g/mol. The molecule has 0 bridgehead atoms. The topological polar surface area (TPSA) is 126 Å². The van der Waals surface area contributed by atoms with E-state index in [0.29, 0.717) is 19.3 Å². The molecule has 7 unspecified atom stereocenters. The molecule has 9 heteroatoms. The van der Waals surface area contributed by atoms with Crippen molar-refractivity contribution in [1.29, 1.82) is 0 Å². The molecule has 2 heterocycles. The van der Waals surface area contributed by atoms with Crippen molar-refractivity contribution in [3.8, 4) is 0 Å². The number of hydrogen-bond acceptors (Lipinski definition) is 9. The summed E-state index contributed by atoms with van der Waals surface area (Å²) in [6.07, 6.45) is 2.20. The fourth-order valence-corrected chi connectivity index (χ4v) is 5.71. The average molecular weight is 554 g/mol. The first-order valence-corrected chi connectivity index (χ1v) is 14.3. The predicted octanol–water partition coefficient (Wildman–Crippen LogP) is 2.86. The molecule has 2 aliphatic rings. The SMILES string of the molecule is CCC1OC(=O)CC(O)C(C)C(O[C@@H]2O[C@H](C)C[C@H](N(C)C)[C@H]2O)C(C)CC(C)C(=O)C=CC(C)=CC1CO. The first-order valence-electron chi connectivity index (χ1n) is 14.3. The number of aliphatic hydroxyl groups excluding tert-OH is 3. The molecule has 0 aromatic carbocycles. The zero-order chi connectivity index (χ0) is 29.4. The number of ether oxygens (including phenoxy) is 3. The maximum absolute atomic E-state index is 13.0. The minimum atomic E-state index is -1.09. The van der Waals surface area contributed by atoms with E-state index < -0.39 is 48.5 Å². The smallest absolute Gasteiger partial charge is 0.308 e. The second kappa shape index (κ2) is 15.4. The van der Waals surface area contributed by atoms with Crippen LogP contribution in [0.2, 0.25) is 0 Å². The molecular formula is C30H51NO8. The summed E-state index contributed by atoms with van der Waals surface area (Å²) in [5, 5.41) is 32.2. The molecule has 0 aliphatic carbocycles. The molecule has 0 radical (unpaired) electrons. The molecule has 39 heavy (non-hydrogen) atoms. The van der Waals surface area contributed by atoms with E-state index in [1.54, 1.807) is 19.1 Å². The molecule has 2 aliphatic heterocycles. The lowest BCUT2D eigenvalue weighted by Gasteiger charge is -2.44. The highest BCUT2D eigenvalue weighted by molar-refractivity contribution is 5.91. The fraction of sp³-hybridized carbons (Fsp3) is 0.800. The molecule has 0 saturated carbocycles. The Hall–Kier alpha value is -1.62. The van der Waals surface area contributed by atoms with Crippen LogP contribution in [0.5, 0.6) is 0 Å². The van der Waals surface area contributed by atoms with Crippen LogP contribution in [-0.4, -0.2) is 95.5 Å². The number of hydrogen-bond donors (Lipinski definition) is 3. The van der Waals surface area contributed by atoms with Gasteiger partial charge >= 0.3 is 5.97 Å². The van der Waals surface area contributed by atoms with Gasteiger partial charge in [-0.05, 0) is 59.2 Å². The van der Waals surface area contributed by atoms with E-state index in [4.69, 9.17) is 14.2 Å². The van der Waals surface area contributed by atoms with Gasteiger partial charge in [0.25, 0.3) is 0 Å². The summed E-state index contributed by atoms with van der Waals surface area (Å²) in [6.45, 7) is 11.0. The minimum absolute atomic E-state index is 0.0390. The molecular weight excluding hydrogens is 502 g/mol. The van der Waals surface area contributed by atoms with Crippen molar-refractivity contribution in [3.63, 3.8) is 0 Å². The highest BCUT2D eigenvalue weighted by atomic mass is 16.7. The molecule has 0 amide bonds. The van der Waals surface area contributed by atoms with E-state index in [9.17, 15) is 24.9 Å². The van der Waals surface area contributed by atoms with Crippen molar-refractivity contribution < 1.29 is 39.1 Å². The number of ketones is 1. The van der Waals surface area contributed by atoms with Gasteiger partial charge in [-0.1, -0.05) is 45.4 Å². The van der Waals surface area contributed by atoms with Crippen LogP contribution < -0.4 is 0 Å². The number of carbonyl (C=O) groups is 2. The summed E-state index contributed by atoms with van der Waals surface area (Å²) < 4.78 is 18.1. The number of carbonyl (C=O) groups excluding carboxylic acids is 2. The number of rotatable bonds is 5. The largest absolute Gasteiger partial charge is 0.462 e. The van der Waals surface area contributed by atoms with Gasteiger partial charge in [-0.15, -0.1) is 0 Å². The first kappa shape index (κ1) is 33.6. The van der Waals surface area contributed by atoms with Crippen LogP contribution in [0.15, 0.2) is 23.8 Å². The Morgan fingerprint density at radius 1 is 1.08 bits per heavy atom. The van der Waals surface area contributed by atoms with Crippen molar-refractivity contribution in [2.75, 3.05) is 20.7 Å². The Kier molecular flexibility index (Phi) is 13.3. The minimum Gasteiger partial charge on any atom is -0.462 e. The van der Waals surface area contributed by atoms with Crippen LogP contribution in [0.4, 0.5) is 0 Å². The highest BCUT2D eigenvalue weighted by Crippen LogP contribution is 2.32. The molecule has 11 atom stereocenters. The molecule has 1 fully saturated rings. The van der Waals surface area contributed by atoms with Gasteiger partial charge in [-0.3, -0.25) is 9.59 Å². The van der Waals surface area contributed by atoms with Crippen molar-refractivity contribution in [3.05, 3.63) is 23.8 Å². The quantitative estimate of drug-likeness (QED) is 0.441.